The molecule has 18 atom stereocenters. The van der Waals surface area contributed by atoms with E-state index >= 15 is 0 Å². The third-order valence-corrected chi connectivity index (χ3v) is 18.6. The van der Waals surface area contributed by atoms with Crippen molar-refractivity contribution in [2.24, 2.45) is 35.5 Å². The zero-order valence-corrected chi connectivity index (χ0v) is 28.3. The predicted molar refractivity (Wildman–Crippen MR) is 189 cm³/mol. The van der Waals surface area contributed by atoms with Crippen molar-refractivity contribution >= 4 is 24.4 Å². The SMILES string of the molecule is c1ccc(B(c2ccccc2)C2C3OC4CCCC5C6CCC7C8CCC9C%10CCCC%11OC2C2C%12B(C7C6N(C45)C3%12)C8C9N2C%11%10)cc1. The molecule has 18 unspecified atom stereocenters. The van der Waals surface area contributed by atoms with E-state index in [9.17, 15) is 0 Å². The third-order valence-electron chi connectivity index (χ3n) is 18.6. The number of rotatable bonds is 3. The van der Waals surface area contributed by atoms with Crippen molar-refractivity contribution in [2.45, 2.75) is 148 Å². The Kier molecular flexibility index (Phi) is 5.22. The summed E-state index contributed by atoms with van der Waals surface area (Å²) >= 11 is 0. The fourth-order valence-electron chi connectivity index (χ4n) is 18.3. The molecule has 5 saturated carbocycles. The van der Waals surface area contributed by atoms with Crippen molar-refractivity contribution in [3.8, 4) is 0 Å². The molecule has 4 nitrogen and oxygen atoms in total. The van der Waals surface area contributed by atoms with Crippen LogP contribution in [0.15, 0.2) is 60.7 Å². The highest BCUT2D eigenvalue weighted by Crippen LogP contribution is 2.78. The Bertz CT molecular complexity index is 1540. The zero-order chi connectivity index (χ0) is 30.6. The molecule has 0 aromatic heterocycles. The van der Waals surface area contributed by atoms with Crippen LogP contribution >= 0.6 is 0 Å². The van der Waals surface area contributed by atoms with Crippen LogP contribution in [-0.4, -0.2) is 83.9 Å². The lowest BCUT2D eigenvalue weighted by Gasteiger charge is -2.72. The van der Waals surface area contributed by atoms with Crippen LogP contribution in [0.2, 0.25) is 23.3 Å². The lowest BCUT2D eigenvalue weighted by molar-refractivity contribution is -0.244. The van der Waals surface area contributed by atoms with E-state index in [2.05, 4.69) is 70.5 Å². The van der Waals surface area contributed by atoms with Gasteiger partial charge in [-0.15, -0.1) is 0 Å². The summed E-state index contributed by atoms with van der Waals surface area (Å²) in [6, 6.07) is 27.6. The molecular weight excluding hydrogens is 586 g/mol. The summed E-state index contributed by atoms with van der Waals surface area (Å²) in [6.45, 7) is 1.21. The topological polar surface area (TPSA) is 24.9 Å². The van der Waals surface area contributed by atoms with Crippen molar-refractivity contribution in [3.05, 3.63) is 60.7 Å². The quantitative estimate of drug-likeness (QED) is 0.425. The van der Waals surface area contributed by atoms with Gasteiger partial charge >= 0.3 is 0 Å². The van der Waals surface area contributed by atoms with Crippen LogP contribution in [-0.2, 0) is 9.47 Å². The van der Waals surface area contributed by atoms with Gasteiger partial charge in [0.05, 0.1) is 24.4 Å². The summed E-state index contributed by atoms with van der Waals surface area (Å²) in [5.74, 6) is 8.64. The van der Waals surface area contributed by atoms with E-state index < -0.39 is 0 Å². The molecule has 48 heavy (non-hydrogen) atoms. The van der Waals surface area contributed by atoms with Gasteiger partial charge in [0.1, 0.15) is 0 Å². The molecule has 2 aromatic rings. The van der Waals surface area contributed by atoms with Gasteiger partial charge in [0.15, 0.2) is 6.71 Å². The average Bonchev–Trinajstić information content (AvgIpc) is 3.78. The van der Waals surface area contributed by atoms with E-state index in [4.69, 9.17) is 9.47 Å². The molecule has 246 valence electrons. The van der Waals surface area contributed by atoms with Crippen molar-refractivity contribution < 1.29 is 9.47 Å². The summed E-state index contributed by atoms with van der Waals surface area (Å²) in [5, 5.41) is 0. The second-order valence-electron chi connectivity index (χ2n) is 19.3. The molecular formula is C42H50B2N2O2. The number of morpholine rings is 2. The smallest absolute Gasteiger partial charge is 0.217 e. The number of fused-ring (bicyclic) bond motifs is 3. The zero-order valence-electron chi connectivity index (χ0n) is 28.3. The second-order valence-corrected chi connectivity index (χ2v) is 19.3. The number of hydrogen-bond acceptors (Lipinski definition) is 4. The van der Waals surface area contributed by atoms with Crippen molar-refractivity contribution in [3.63, 3.8) is 0 Å². The lowest BCUT2D eigenvalue weighted by atomic mass is 9.19. The molecule has 7 aliphatic heterocycles. The summed E-state index contributed by atoms with van der Waals surface area (Å²) in [6.07, 6.45) is 15.8. The minimum Gasteiger partial charge on any atom is -0.372 e. The van der Waals surface area contributed by atoms with Crippen LogP contribution in [0.1, 0.15) is 64.2 Å². The molecule has 0 amide bonds. The highest BCUT2D eigenvalue weighted by molar-refractivity contribution is 6.86. The Morgan fingerprint density at radius 3 is 1.44 bits per heavy atom. The molecule has 2 aromatic carbocycles. The van der Waals surface area contributed by atoms with E-state index in [0.717, 1.165) is 71.8 Å². The first-order valence-corrected chi connectivity index (χ1v) is 20.8. The minimum absolute atomic E-state index is 0.260. The fourth-order valence-corrected chi connectivity index (χ4v) is 18.3. The molecule has 6 heteroatoms. The van der Waals surface area contributed by atoms with Gasteiger partial charge in [-0.05, 0) is 91.5 Å². The maximum absolute atomic E-state index is 7.91. The minimum atomic E-state index is 0.260. The Balaban J connectivity index is 1.04. The first-order chi connectivity index (χ1) is 23.9. The molecule has 7 saturated heterocycles. The molecule has 0 bridgehead atoms. The molecule has 12 fully saturated rings. The van der Waals surface area contributed by atoms with Crippen molar-refractivity contribution in [1.82, 2.24) is 9.80 Å². The maximum atomic E-state index is 7.91. The maximum Gasteiger partial charge on any atom is 0.217 e. The number of benzene rings is 2. The summed E-state index contributed by atoms with van der Waals surface area (Å²) < 4.78 is 15.8. The molecule has 0 spiro atoms. The normalized spacial score (nSPS) is 56.8. The van der Waals surface area contributed by atoms with Gasteiger partial charge in [-0.2, -0.15) is 0 Å². The highest BCUT2D eigenvalue weighted by atomic mass is 16.5. The Labute approximate surface area is 287 Å². The fraction of sp³-hybridized carbons (Fsp3) is 0.714. The monoisotopic (exact) mass is 636 g/mol. The largest absolute Gasteiger partial charge is 0.372 e. The standard InChI is InChI=1S/C42H50B2N2O2/c1-3-9-21(10-4-1)43(22-11-5-2-6-12-22)34-41-39-33-40-42(34)48-30-16-8-14-26-28-20-18-24-23-17-19-27-25-13-7-15-29(47-41)35(25)45(39)37(27)31(23)44(33)32(24)38(28)46(40)36(26)30/h1-6,9-12,23-42H,7-8,13-20H2. The van der Waals surface area contributed by atoms with E-state index in [1.165, 1.54) is 62.3 Å². The number of hydrogen-bond donors (Lipinski definition) is 0. The van der Waals surface area contributed by atoms with Gasteiger partial charge in [0.25, 0.3) is 0 Å². The van der Waals surface area contributed by atoms with E-state index in [0.29, 0.717) is 48.9 Å². The van der Waals surface area contributed by atoms with Gasteiger partial charge in [-0.1, -0.05) is 97.3 Å². The third kappa shape index (κ3) is 2.95. The first kappa shape index (κ1) is 27.1. The van der Waals surface area contributed by atoms with Crippen molar-refractivity contribution in [2.75, 3.05) is 0 Å². The van der Waals surface area contributed by atoms with Crippen LogP contribution in [0.25, 0.3) is 0 Å². The molecule has 0 radical (unpaired) electrons. The van der Waals surface area contributed by atoms with Gasteiger partial charge in [0, 0.05) is 42.1 Å². The Morgan fingerprint density at radius 2 is 0.938 bits per heavy atom. The first-order valence-electron chi connectivity index (χ1n) is 20.8. The predicted octanol–water partition coefficient (Wildman–Crippen LogP) is 5.36. The van der Waals surface area contributed by atoms with Gasteiger partial charge in [-0.25, -0.2) is 0 Å². The summed E-state index contributed by atoms with van der Waals surface area (Å²) in [4.78, 5) is 6.72. The molecule has 0 N–H and O–H groups in total. The van der Waals surface area contributed by atoms with Gasteiger partial charge < -0.3 is 9.47 Å². The molecule has 5 aliphatic carbocycles. The van der Waals surface area contributed by atoms with Crippen LogP contribution in [0.5, 0.6) is 0 Å². The summed E-state index contributed by atoms with van der Waals surface area (Å²) in [7, 11) is 0. The lowest BCUT2D eigenvalue weighted by Crippen LogP contribution is -2.83. The van der Waals surface area contributed by atoms with Gasteiger partial charge in [-0.3, -0.25) is 9.80 Å². The van der Waals surface area contributed by atoms with Crippen LogP contribution < -0.4 is 10.9 Å². The summed E-state index contributed by atoms with van der Waals surface area (Å²) in [5.41, 5.74) is 2.95. The second kappa shape index (κ2) is 9.25. The molecule has 12 aliphatic rings. The van der Waals surface area contributed by atoms with Crippen LogP contribution in [0.3, 0.4) is 0 Å². The average molecular weight is 636 g/mol. The number of ether oxygens (including phenoxy) is 2. The van der Waals surface area contributed by atoms with Crippen LogP contribution in [0, 0.1) is 35.5 Å². The highest BCUT2D eigenvalue weighted by Gasteiger charge is 2.82. The van der Waals surface area contributed by atoms with E-state index in [1.54, 1.807) is 12.8 Å². The Hall–Kier alpha value is -1.59. The number of nitrogens with zero attached hydrogens (tertiary/aromatic N) is 2. The van der Waals surface area contributed by atoms with E-state index in [1.807, 2.05) is 0 Å². The Morgan fingerprint density at radius 1 is 0.479 bits per heavy atom. The van der Waals surface area contributed by atoms with Gasteiger partial charge in [0.2, 0.25) is 6.71 Å². The molecule has 7 heterocycles. The van der Waals surface area contributed by atoms with Crippen molar-refractivity contribution in [1.29, 1.82) is 0 Å². The van der Waals surface area contributed by atoms with Crippen LogP contribution in [0.4, 0.5) is 0 Å². The van der Waals surface area contributed by atoms with E-state index in [-0.39, 0.29) is 12.2 Å². The molecule has 14 rings (SSSR count).